The highest BCUT2D eigenvalue weighted by Gasteiger charge is 2.22. The van der Waals surface area contributed by atoms with Gasteiger partial charge in [-0.3, -0.25) is 14.4 Å². The predicted octanol–water partition coefficient (Wildman–Crippen LogP) is 4.48. The molecule has 1 unspecified atom stereocenters. The number of methoxy groups -OCH3 is 2. The van der Waals surface area contributed by atoms with E-state index in [-0.39, 0.29) is 31.4 Å². The molecule has 11 nitrogen and oxygen atoms in total. The van der Waals surface area contributed by atoms with Gasteiger partial charge in [0.15, 0.2) is 6.61 Å². The summed E-state index contributed by atoms with van der Waals surface area (Å²) in [6.45, 7) is 3.58. The summed E-state index contributed by atoms with van der Waals surface area (Å²) < 4.78 is 16.0. The number of urea groups is 1. The number of anilines is 2. The van der Waals surface area contributed by atoms with Crippen molar-refractivity contribution in [3.63, 3.8) is 0 Å². The van der Waals surface area contributed by atoms with E-state index in [1.54, 1.807) is 62.7 Å². The highest BCUT2D eigenvalue weighted by atomic mass is 16.5. The number of ether oxygens (including phenoxy) is 3. The first-order chi connectivity index (χ1) is 21.1. The fraction of sp³-hybridized carbons (Fsp3) is 0.333. The summed E-state index contributed by atoms with van der Waals surface area (Å²) in [4.78, 5) is 51.4. The molecule has 44 heavy (non-hydrogen) atoms. The lowest BCUT2D eigenvalue weighted by atomic mass is 9.96. The number of benzene rings is 3. The Balaban J connectivity index is 1.62. The van der Waals surface area contributed by atoms with Crippen LogP contribution in [0.25, 0.3) is 0 Å². The van der Waals surface area contributed by atoms with Crippen LogP contribution in [0, 0.1) is 5.92 Å². The summed E-state index contributed by atoms with van der Waals surface area (Å²) in [5.41, 5.74) is 2.48. The monoisotopic (exact) mass is 604 g/mol. The van der Waals surface area contributed by atoms with E-state index in [9.17, 15) is 19.2 Å². The Bertz CT molecular complexity index is 1440. The zero-order valence-corrected chi connectivity index (χ0v) is 25.7. The maximum Gasteiger partial charge on any atom is 0.319 e. The second-order valence-electron chi connectivity index (χ2n) is 10.5. The lowest BCUT2D eigenvalue weighted by molar-refractivity contribution is -0.139. The van der Waals surface area contributed by atoms with Crippen LogP contribution in [0.4, 0.5) is 16.2 Å². The van der Waals surface area contributed by atoms with E-state index >= 15 is 0 Å². The zero-order chi connectivity index (χ0) is 32.1. The number of amides is 4. The van der Waals surface area contributed by atoms with Gasteiger partial charge in [-0.1, -0.05) is 56.3 Å². The fourth-order valence-corrected chi connectivity index (χ4v) is 4.49. The molecule has 0 aliphatic heterocycles. The van der Waals surface area contributed by atoms with Crippen LogP contribution in [0.15, 0.2) is 72.8 Å². The largest absolute Gasteiger partial charge is 0.495 e. The molecule has 0 aliphatic rings. The molecule has 1 atom stereocenters. The standard InChI is InChI=1S/C33H40N4O7/c1-22(2)17-26(36-30(38)20-34-33(41)35-24-12-10-11-23(18-24)19-32(40)43-5)25-13-6-8-15-28(25)44-21-31(39)37(3)27-14-7-9-16-29(27)42-4/h6-16,18,22,26H,17,19-21H2,1-5H3,(H,36,38)(H2,34,35,41). The number of esters is 1. The van der Waals surface area contributed by atoms with E-state index in [0.29, 0.717) is 40.4 Å². The van der Waals surface area contributed by atoms with Crippen molar-refractivity contribution in [2.75, 3.05) is 44.6 Å². The molecule has 0 fully saturated rings. The normalized spacial score (nSPS) is 11.2. The number of nitrogens with zero attached hydrogens (tertiary/aromatic N) is 1. The van der Waals surface area contributed by atoms with E-state index in [2.05, 4.69) is 20.7 Å². The van der Waals surface area contributed by atoms with E-state index in [4.69, 9.17) is 9.47 Å². The van der Waals surface area contributed by atoms with Crippen molar-refractivity contribution >= 4 is 35.2 Å². The molecule has 0 bridgehead atoms. The van der Waals surface area contributed by atoms with E-state index in [1.165, 1.54) is 12.0 Å². The van der Waals surface area contributed by atoms with Crippen LogP contribution in [0.2, 0.25) is 0 Å². The molecular formula is C33H40N4O7. The van der Waals surface area contributed by atoms with E-state index in [0.717, 1.165) is 0 Å². The SMILES string of the molecule is COC(=O)Cc1cccc(NC(=O)NCC(=O)NC(CC(C)C)c2ccccc2OCC(=O)N(C)c2ccccc2OC)c1. The summed E-state index contributed by atoms with van der Waals surface area (Å²) in [6.07, 6.45) is 0.672. The van der Waals surface area contributed by atoms with Crippen molar-refractivity contribution in [1.82, 2.24) is 10.6 Å². The number of nitrogens with one attached hydrogen (secondary N) is 3. The van der Waals surface area contributed by atoms with Crippen molar-refractivity contribution in [1.29, 1.82) is 0 Å². The summed E-state index contributed by atoms with van der Waals surface area (Å²) >= 11 is 0. The minimum atomic E-state index is -0.572. The average Bonchev–Trinajstić information content (AvgIpc) is 3.02. The van der Waals surface area contributed by atoms with Crippen LogP contribution in [0.1, 0.15) is 37.4 Å². The number of carbonyl (C=O) groups is 4. The van der Waals surface area contributed by atoms with Crippen molar-refractivity contribution in [2.45, 2.75) is 32.7 Å². The number of hydrogen-bond donors (Lipinski definition) is 3. The van der Waals surface area contributed by atoms with Gasteiger partial charge in [-0.05, 0) is 48.2 Å². The molecule has 3 aromatic carbocycles. The van der Waals surface area contributed by atoms with Crippen LogP contribution in [0.5, 0.6) is 11.5 Å². The lowest BCUT2D eigenvalue weighted by Crippen LogP contribution is -2.40. The van der Waals surface area contributed by atoms with Crippen molar-refractivity contribution < 1.29 is 33.4 Å². The molecule has 0 aliphatic carbocycles. The summed E-state index contributed by atoms with van der Waals surface area (Å²) in [6, 6.07) is 20.2. The van der Waals surface area contributed by atoms with Gasteiger partial charge in [0.1, 0.15) is 11.5 Å². The Kier molecular flexibility index (Phi) is 12.6. The number of carbonyl (C=O) groups excluding carboxylic acids is 4. The second-order valence-corrected chi connectivity index (χ2v) is 10.5. The third-order valence-corrected chi connectivity index (χ3v) is 6.68. The number of hydrogen-bond acceptors (Lipinski definition) is 7. The highest BCUT2D eigenvalue weighted by Crippen LogP contribution is 2.30. The summed E-state index contributed by atoms with van der Waals surface area (Å²) in [7, 11) is 4.51. The average molecular weight is 605 g/mol. The Morgan fingerprint density at radius 3 is 2.30 bits per heavy atom. The molecule has 0 heterocycles. The molecule has 0 radical (unpaired) electrons. The van der Waals surface area contributed by atoms with Gasteiger partial charge in [-0.15, -0.1) is 0 Å². The smallest absolute Gasteiger partial charge is 0.319 e. The highest BCUT2D eigenvalue weighted by molar-refractivity contribution is 5.95. The van der Waals surface area contributed by atoms with Crippen molar-refractivity contribution in [2.24, 2.45) is 5.92 Å². The zero-order valence-electron chi connectivity index (χ0n) is 25.7. The molecule has 4 amide bonds. The first-order valence-corrected chi connectivity index (χ1v) is 14.2. The molecule has 234 valence electrons. The first-order valence-electron chi connectivity index (χ1n) is 14.2. The Labute approximate surface area is 257 Å². The van der Waals surface area contributed by atoms with Gasteiger partial charge in [0, 0.05) is 18.3 Å². The summed E-state index contributed by atoms with van der Waals surface area (Å²) in [5, 5.41) is 8.21. The predicted molar refractivity (Wildman–Crippen MR) is 168 cm³/mol. The van der Waals surface area contributed by atoms with Gasteiger partial charge in [0.25, 0.3) is 5.91 Å². The topological polar surface area (TPSA) is 135 Å². The maximum atomic E-state index is 13.0. The lowest BCUT2D eigenvalue weighted by Gasteiger charge is -2.24. The molecule has 0 saturated carbocycles. The maximum absolute atomic E-state index is 13.0. The van der Waals surface area contributed by atoms with E-state index in [1.807, 2.05) is 38.1 Å². The Morgan fingerprint density at radius 2 is 1.59 bits per heavy atom. The van der Waals surface area contributed by atoms with Crippen LogP contribution in [0.3, 0.4) is 0 Å². The van der Waals surface area contributed by atoms with E-state index < -0.39 is 23.9 Å². The van der Waals surface area contributed by atoms with Gasteiger partial charge >= 0.3 is 12.0 Å². The molecule has 3 rings (SSSR count). The third kappa shape index (κ3) is 10.0. The number of likely N-dealkylation sites (N-methyl/N-ethyl adjacent to an activating group) is 1. The third-order valence-electron chi connectivity index (χ3n) is 6.68. The molecular weight excluding hydrogens is 564 g/mol. The van der Waals surface area contributed by atoms with Crippen LogP contribution in [-0.4, -0.2) is 58.2 Å². The van der Waals surface area contributed by atoms with Gasteiger partial charge in [-0.2, -0.15) is 0 Å². The van der Waals surface area contributed by atoms with Gasteiger partial charge in [0.2, 0.25) is 5.91 Å². The van der Waals surface area contributed by atoms with Gasteiger partial charge < -0.3 is 35.1 Å². The second kappa shape index (κ2) is 16.5. The molecule has 3 aromatic rings. The molecule has 0 aromatic heterocycles. The molecule has 11 heteroatoms. The minimum Gasteiger partial charge on any atom is -0.495 e. The van der Waals surface area contributed by atoms with Crippen LogP contribution < -0.4 is 30.3 Å². The molecule has 0 saturated heterocycles. The molecule has 3 N–H and O–H groups in total. The Morgan fingerprint density at radius 1 is 0.886 bits per heavy atom. The van der Waals surface area contributed by atoms with Crippen molar-refractivity contribution in [3.05, 3.63) is 83.9 Å². The minimum absolute atomic E-state index is 0.0745. The quantitative estimate of drug-likeness (QED) is 0.231. The number of rotatable bonds is 14. The van der Waals surface area contributed by atoms with Crippen LogP contribution >= 0.6 is 0 Å². The summed E-state index contributed by atoms with van der Waals surface area (Å²) in [5.74, 6) is 0.195. The first kappa shape index (κ1) is 33.4. The van der Waals surface area contributed by atoms with Gasteiger partial charge in [0.05, 0.1) is 38.9 Å². The molecule has 0 spiro atoms. The van der Waals surface area contributed by atoms with Crippen molar-refractivity contribution in [3.8, 4) is 11.5 Å². The van der Waals surface area contributed by atoms with Crippen LogP contribution in [-0.2, 0) is 25.5 Å². The Hall–Kier alpha value is -5.06. The fourth-order valence-electron chi connectivity index (χ4n) is 4.49. The van der Waals surface area contributed by atoms with Gasteiger partial charge in [-0.25, -0.2) is 4.79 Å². The number of para-hydroxylation sites is 3.